The standard InChI is InChI=1S/C24H24N6O2S/c1-17(22(31)26-21-11-5-10-20-19(21)9-6-12-25-20)33-24-28-27-23(29-13-15-32-16-14-29)30(24)18-7-3-2-4-8-18/h2-12,17H,13-16H2,1H3,(H,26,31). The summed E-state index contributed by atoms with van der Waals surface area (Å²) in [6.45, 7) is 4.69. The molecular weight excluding hydrogens is 436 g/mol. The third-order valence-corrected chi connectivity index (χ3v) is 6.52. The van der Waals surface area contributed by atoms with E-state index in [4.69, 9.17) is 4.74 Å². The molecular formula is C24H24N6O2S. The lowest BCUT2D eigenvalue weighted by Crippen LogP contribution is -2.37. The van der Waals surface area contributed by atoms with Gasteiger partial charge in [0.05, 0.1) is 35.4 Å². The number of carbonyl (C=O) groups excluding carboxylic acids is 1. The maximum absolute atomic E-state index is 13.1. The number of thioether (sulfide) groups is 1. The highest BCUT2D eigenvalue weighted by atomic mass is 32.2. The number of para-hydroxylation sites is 1. The molecule has 0 radical (unpaired) electrons. The Bertz CT molecular complexity index is 1250. The van der Waals surface area contributed by atoms with Crippen molar-refractivity contribution in [3.63, 3.8) is 0 Å². The van der Waals surface area contributed by atoms with Gasteiger partial charge in [0.15, 0.2) is 5.16 Å². The van der Waals surface area contributed by atoms with Crippen LogP contribution < -0.4 is 10.2 Å². The van der Waals surface area contributed by atoms with E-state index < -0.39 is 0 Å². The van der Waals surface area contributed by atoms with Gasteiger partial charge >= 0.3 is 0 Å². The number of nitrogens with zero attached hydrogens (tertiary/aromatic N) is 5. The van der Waals surface area contributed by atoms with Gasteiger partial charge in [0, 0.05) is 24.7 Å². The summed E-state index contributed by atoms with van der Waals surface area (Å²) >= 11 is 1.39. The molecule has 1 saturated heterocycles. The predicted octanol–water partition coefficient (Wildman–Crippen LogP) is 3.77. The van der Waals surface area contributed by atoms with E-state index in [2.05, 4.69) is 25.4 Å². The molecule has 9 heteroatoms. The Morgan fingerprint density at radius 1 is 1.03 bits per heavy atom. The molecule has 0 aliphatic carbocycles. The first-order valence-electron chi connectivity index (χ1n) is 10.9. The lowest BCUT2D eigenvalue weighted by molar-refractivity contribution is -0.115. The van der Waals surface area contributed by atoms with Crippen LogP contribution in [0.15, 0.2) is 72.0 Å². The van der Waals surface area contributed by atoms with E-state index in [9.17, 15) is 4.79 Å². The van der Waals surface area contributed by atoms with Crippen molar-refractivity contribution in [2.24, 2.45) is 0 Å². The van der Waals surface area contributed by atoms with Crippen molar-refractivity contribution in [2.45, 2.75) is 17.3 Å². The molecule has 1 fully saturated rings. The zero-order chi connectivity index (χ0) is 22.6. The Balaban J connectivity index is 1.40. The van der Waals surface area contributed by atoms with Crippen LogP contribution in [0.2, 0.25) is 0 Å². The first kappa shape index (κ1) is 21.4. The van der Waals surface area contributed by atoms with Crippen molar-refractivity contribution in [3.8, 4) is 5.69 Å². The van der Waals surface area contributed by atoms with E-state index in [0.717, 1.165) is 41.3 Å². The second-order valence-corrected chi connectivity index (χ2v) is 8.99. The number of rotatable bonds is 6. The minimum absolute atomic E-state index is 0.105. The number of fused-ring (bicyclic) bond motifs is 1. The summed E-state index contributed by atoms with van der Waals surface area (Å²) in [4.78, 5) is 19.6. The van der Waals surface area contributed by atoms with Crippen molar-refractivity contribution < 1.29 is 9.53 Å². The Morgan fingerprint density at radius 3 is 2.67 bits per heavy atom. The number of hydrogen-bond acceptors (Lipinski definition) is 7. The highest BCUT2D eigenvalue weighted by molar-refractivity contribution is 8.00. The van der Waals surface area contributed by atoms with Crippen LogP contribution in [-0.2, 0) is 9.53 Å². The van der Waals surface area contributed by atoms with Gasteiger partial charge in [-0.25, -0.2) is 0 Å². The van der Waals surface area contributed by atoms with Gasteiger partial charge in [0.2, 0.25) is 11.9 Å². The number of aromatic nitrogens is 4. The van der Waals surface area contributed by atoms with Crippen molar-refractivity contribution in [1.82, 2.24) is 19.7 Å². The van der Waals surface area contributed by atoms with Crippen molar-refractivity contribution in [1.29, 1.82) is 0 Å². The van der Waals surface area contributed by atoms with E-state index in [0.29, 0.717) is 18.4 Å². The molecule has 1 atom stereocenters. The molecule has 2 aromatic heterocycles. The highest BCUT2D eigenvalue weighted by Crippen LogP contribution is 2.30. The maximum atomic E-state index is 13.1. The Labute approximate surface area is 196 Å². The highest BCUT2D eigenvalue weighted by Gasteiger charge is 2.25. The van der Waals surface area contributed by atoms with Crippen LogP contribution >= 0.6 is 11.8 Å². The fraction of sp³-hybridized carbons (Fsp3) is 0.250. The quantitative estimate of drug-likeness (QED) is 0.439. The summed E-state index contributed by atoms with van der Waals surface area (Å²) in [5, 5.41) is 13.2. The van der Waals surface area contributed by atoms with Gasteiger partial charge in [0.25, 0.3) is 0 Å². The van der Waals surface area contributed by atoms with Gasteiger partial charge in [-0.2, -0.15) is 0 Å². The van der Waals surface area contributed by atoms with E-state index in [-0.39, 0.29) is 11.2 Å². The minimum Gasteiger partial charge on any atom is -0.378 e. The fourth-order valence-corrected chi connectivity index (χ4v) is 4.63. The zero-order valence-corrected chi connectivity index (χ0v) is 19.0. The number of benzene rings is 2. The number of pyridine rings is 1. The smallest absolute Gasteiger partial charge is 0.237 e. The zero-order valence-electron chi connectivity index (χ0n) is 18.2. The van der Waals surface area contributed by atoms with Gasteiger partial charge in [-0.05, 0) is 43.3 Å². The van der Waals surface area contributed by atoms with Crippen LogP contribution in [0.1, 0.15) is 6.92 Å². The SMILES string of the molecule is CC(Sc1nnc(N2CCOCC2)n1-c1ccccc1)C(=O)Nc1cccc2ncccc12. The van der Waals surface area contributed by atoms with Crippen LogP contribution in [-0.4, -0.2) is 57.2 Å². The van der Waals surface area contributed by atoms with E-state index in [1.54, 1.807) is 6.20 Å². The summed E-state index contributed by atoms with van der Waals surface area (Å²) in [6, 6.07) is 19.5. The van der Waals surface area contributed by atoms with Crippen LogP contribution in [0, 0.1) is 0 Å². The van der Waals surface area contributed by atoms with Crippen molar-refractivity contribution in [2.75, 3.05) is 36.5 Å². The molecule has 0 saturated carbocycles. The second-order valence-electron chi connectivity index (χ2n) is 7.68. The fourth-order valence-electron chi connectivity index (χ4n) is 3.77. The van der Waals surface area contributed by atoms with Crippen LogP contribution in [0.3, 0.4) is 0 Å². The first-order valence-corrected chi connectivity index (χ1v) is 11.7. The largest absolute Gasteiger partial charge is 0.378 e. The monoisotopic (exact) mass is 460 g/mol. The average molecular weight is 461 g/mol. The number of morpholine rings is 1. The number of hydrogen-bond donors (Lipinski definition) is 1. The van der Waals surface area contributed by atoms with Crippen molar-refractivity contribution in [3.05, 3.63) is 66.9 Å². The minimum atomic E-state index is -0.388. The summed E-state index contributed by atoms with van der Waals surface area (Å²) in [5.74, 6) is 0.659. The molecule has 4 aromatic rings. The topological polar surface area (TPSA) is 85.2 Å². The number of amides is 1. The molecule has 0 bridgehead atoms. The molecule has 1 N–H and O–H groups in total. The molecule has 1 aliphatic heterocycles. The number of nitrogens with one attached hydrogen (secondary N) is 1. The van der Waals surface area contributed by atoms with E-state index in [1.165, 1.54) is 11.8 Å². The number of carbonyl (C=O) groups is 1. The molecule has 1 amide bonds. The molecule has 8 nitrogen and oxygen atoms in total. The van der Waals surface area contributed by atoms with Gasteiger partial charge in [-0.3, -0.25) is 14.3 Å². The molecule has 2 aromatic carbocycles. The van der Waals surface area contributed by atoms with E-state index in [1.807, 2.05) is 72.2 Å². The average Bonchev–Trinajstić information content (AvgIpc) is 3.28. The molecule has 1 aliphatic rings. The van der Waals surface area contributed by atoms with E-state index >= 15 is 0 Å². The lowest BCUT2D eigenvalue weighted by atomic mass is 10.2. The molecule has 1 unspecified atom stereocenters. The number of ether oxygens (including phenoxy) is 1. The molecule has 33 heavy (non-hydrogen) atoms. The molecule has 168 valence electrons. The third kappa shape index (κ3) is 4.55. The summed E-state index contributed by atoms with van der Waals surface area (Å²) < 4.78 is 7.51. The normalized spacial score (nSPS) is 14.9. The Hall–Kier alpha value is -3.43. The predicted molar refractivity (Wildman–Crippen MR) is 130 cm³/mol. The first-order chi connectivity index (χ1) is 16.2. The summed E-state index contributed by atoms with van der Waals surface area (Å²) in [5.41, 5.74) is 2.55. The number of anilines is 2. The van der Waals surface area contributed by atoms with Gasteiger partial charge in [-0.1, -0.05) is 36.0 Å². The Morgan fingerprint density at radius 2 is 1.85 bits per heavy atom. The van der Waals surface area contributed by atoms with Gasteiger partial charge in [0.1, 0.15) is 0 Å². The van der Waals surface area contributed by atoms with Gasteiger partial charge in [-0.15, -0.1) is 10.2 Å². The van der Waals surface area contributed by atoms with Crippen LogP contribution in [0.4, 0.5) is 11.6 Å². The summed E-state index contributed by atoms with van der Waals surface area (Å²) in [7, 11) is 0. The summed E-state index contributed by atoms with van der Waals surface area (Å²) in [6.07, 6.45) is 1.74. The van der Waals surface area contributed by atoms with Crippen LogP contribution in [0.5, 0.6) is 0 Å². The lowest BCUT2D eigenvalue weighted by Gasteiger charge is -2.28. The third-order valence-electron chi connectivity index (χ3n) is 5.48. The Kier molecular flexibility index (Phi) is 6.23. The van der Waals surface area contributed by atoms with Crippen LogP contribution in [0.25, 0.3) is 16.6 Å². The maximum Gasteiger partial charge on any atom is 0.237 e. The molecule has 3 heterocycles. The second kappa shape index (κ2) is 9.60. The molecule has 5 rings (SSSR count). The molecule has 0 spiro atoms. The van der Waals surface area contributed by atoms with Gasteiger partial charge < -0.3 is 15.0 Å². The van der Waals surface area contributed by atoms with Crippen molar-refractivity contribution >= 4 is 40.2 Å².